The number of benzene rings is 1. The van der Waals surface area contributed by atoms with E-state index in [9.17, 15) is 4.79 Å². The molecule has 5 nitrogen and oxygen atoms in total. The minimum Gasteiger partial charge on any atom is -0.357 e. The summed E-state index contributed by atoms with van der Waals surface area (Å²) in [6, 6.07) is 14.1. The fourth-order valence-corrected chi connectivity index (χ4v) is 4.08. The molecule has 26 heavy (non-hydrogen) atoms. The Bertz CT molecular complexity index is 1010. The molecule has 2 N–H and O–H groups in total. The van der Waals surface area contributed by atoms with Crippen LogP contribution in [-0.4, -0.2) is 26.6 Å². The van der Waals surface area contributed by atoms with E-state index in [0.29, 0.717) is 12.3 Å². The Labute approximate surface area is 158 Å². The normalized spacial score (nSPS) is 10.9. The molecule has 7 heteroatoms. The summed E-state index contributed by atoms with van der Waals surface area (Å²) in [6.07, 6.45) is 3.49. The van der Waals surface area contributed by atoms with Crippen molar-refractivity contribution in [2.75, 3.05) is 5.75 Å². The van der Waals surface area contributed by atoms with Crippen molar-refractivity contribution in [3.8, 4) is 11.1 Å². The van der Waals surface area contributed by atoms with Gasteiger partial charge in [0.25, 0.3) is 0 Å². The highest BCUT2D eigenvalue weighted by molar-refractivity contribution is 8.00. The molecule has 0 aliphatic heterocycles. The smallest absolute Gasteiger partial charge is 0.230 e. The van der Waals surface area contributed by atoms with Crippen molar-refractivity contribution in [2.45, 2.75) is 11.6 Å². The van der Waals surface area contributed by atoms with E-state index in [1.54, 1.807) is 17.7 Å². The van der Waals surface area contributed by atoms with Crippen LogP contribution < -0.4 is 5.32 Å². The fourth-order valence-electron chi connectivity index (χ4n) is 2.65. The monoisotopic (exact) mass is 380 g/mol. The number of thiophene rings is 1. The second-order valence-corrected chi connectivity index (χ2v) is 7.61. The fraction of sp³-hybridized carbons (Fsp3) is 0.105. The van der Waals surface area contributed by atoms with Gasteiger partial charge < -0.3 is 10.3 Å². The second-order valence-electron chi connectivity index (χ2n) is 5.62. The average Bonchev–Trinajstić information content (AvgIpc) is 3.35. The van der Waals surface area contributed by atoms with Crippen molar-refractivity contribution in [3.63, 3.8) is 0 Å². The maximum Gasteiger partial charge on any atom is 0.230 e. The van der Waals surface area contributed by atoms with Gasteiger partial charge in [-0.1, -0.05) is 48.2 Å². The molecule has 0 unspecified atom stereocenters. The van der Waals surface area contributed by atoms with Crippen LogP contribution in [-0.2, 0) is 11.3 Å². The number of hydrogen-bond acceptors (Lipinski definition) is 5. The van der Waals surface area contributed by atoms with Crippen molar-refractivity contribution in [2.24, 2.45) is 0 Å². The minimum absolute atomic E-state index is 0.00926. The van der Waals surface area contributed by atoms with Gasteiger partial charge in [-0.3, -0.25) is 4.79 Å². The molecule has 1 amide bonds. The van der Waals surface area contributed by atoms with Crippen LogP contribution in [0.5, 0.6) is 0 Å². The molecule has 0 saturated heterocycles. The highest BCUT2D eigenvalue weighted by atomic mass is 32.2. The quantitative estimate of drug-likeness (QED) is 0.390. The van der Waals surface area contributed by atoms with E-state index in [2.05, 4.69) is 32.4 Å². The van der Waals surface area contributed by atoms with Crippen LogP contribution in [0, 0.1) is 0 Å². The summed E-state index contributed by atoms with van der Waals surface area (Å²) in [5.41, 5.74) is 3.86. The molecule has 1 aromatic carbocycles. The van der Waals surface area contributed by atoms with Crippen molar-refractivity contribution < 1.29 is 4.79 Å². The van der Waals surface area contributed by atoms with Gasteiger partial charge in [0.2, 0.25) is 5.91 Å². The summed E-state index contributed by atoms with van der Waals surface area (Å²) >= 11 is 3.05. The van der Waals surface area contributed by atoms with Crippen LogP contribution >= 0.6 is 23.1 Å². The molecule has 3 heterocycles. The highest BCUT2D eigenvalue weighted by Crippen LogP contribution is 2.31. The summed E-state index contributed by atoms with van der Waals surface area (Å²) < 4.78 is 0. The molecule has 0 saturated carbocycles. The lowest BCUT2D eigenvalue weighted by atomic mass is 10.1. The highest BCUT2D eigenvalue weighted by Gasteiger charge is 2.13. The lowest BCUT2D eigenvalue weighted by molar-refractivity contribution is -0.118. The Morgan fingerprint density at radius 1 is 1.15 bits per heavy atom. The Hall–Kier alpha value is -2.64. The molecule has 0 fully saturated rings. The van der Waals surface area contributed by atoms with Gasteiger partial charge in [0.1, 0.15) is 16.9 Å². The zero-order valence-corrected chi connectivity index (χ0v) is 15.4. The van der Waals surface area contributed by atoms with Crippen molar-refractivity contribution >= 4 is 40.0 Å². The number of fused-ring (bicyclic) bond motifs is 1. The molecule has 0 radical (unpaired) electrons. The summed E-state index contributed by atoms with van der Waals surface area (Å²) in [4.78, 5) is 25.3. The van der Waals surface area contributed by atoms with E-state index in [4.69, 9.17) is 0 Å². The number of thioether (sulfide) groups is 1. The van der Waals surface area contributed by atoms with Gasteiger partial charge in [-0.15, -0.1) is 11.3 Å². The van der Waals surface area contributed by atoms with E-state index in [1.807, 2.05) is 41.9 Å². The number of hydrogen-bond donors (Lipinski definition) is 2. The first-order valence-corrected chi connectivity index (χ1v) is 9.97. The molecule has 4 rings (SSSR count). The lowest BCUT2D eigenvalue weighted by Gasteiger charge is -2.04. The molecule has 4 aromatic rings. The lowest BCUT2D eigenvalue weighted by Crippen LogP contribution is -2.24. The van der Waals surface area contributed by atoms with Crippen LogP contribution in [0.4, 0.5) is 0 Å². The molecular weight excluding hydrogens is 364 g/mol. The largest absolute Gasteiger partial charge is 0.357 e. The Morgan fingerprint density at radius 2 is 2.04 bits per heavy atom. The van der Waals surface area contributed by atoms with Crippen molar-refractivity contribution in [3.05, 3.63) is 65.2 Å². The van der Waals surface area contributed by atoms with Crippen LogP contribution in [0.1, 0.15) is 4.88 Å². The number of carbonyl (C=O) groups is 1. The SMILES string of the molecule is O=C(CSc1ncnc2c(-c3ccccc3)c[nH]c12)NCc1cccs1. The number of aromatic nitrogens is 3. The number of aromatic amines is 1. The van der Waals surface area contributed by atoms with Crippen LogP contribution in [0.15, 0.2) is 65.4 Å². The van der Waals surface area contributed by atoms with Gasteiger partial charge in [0, 0.05) is 16.6 Å². The molecule has 0 aliphatic rings. The van der Waals surface area contributed by atoms with Gasteiger partial charge in [0.05, 0.1) is 17.8 Å². The zero-order chi connectivity index (χ0) is 17.8. The van der Waals surface area contributed by atoms with E-state index in [0.717, 1.165) is 32.1 Å². The first-order chi connectivity index (χ1) is 12.8. The summed E-state index contributed by atoms with van der Waals surface area (Å²) in [6.45, 7) is 0.566. The van der Waals surface area contributed by atoms with Crippen LogP contribution in [0.25, 0.3) is 22.2 Å². The maximum atomic E-state index is 12.1. The zero-order valence-electron chi connectivity index (χ0n) is 13.8. The van der Waals surface area contributed by atoms with Gasteiger partial charge in [-0.05, 0) is 17.0 Å². The van der Waals surface area contributed by atoms with Gasteiger partial charge >= 0.3 is 0 Å². The minimum atomic E-state index is -0.00926. The van der Waals surface area contributed by atoms with Crippen molar-refractivity contribution in [1.29, 1.82) is 0 Å². The first kappa shape index (κ1) is 16.8. The van der Waals surface area contributed by atoms with Crippen LogP contribution in [0.3, 0.4) is 0 Å². The third kappa shape index (κ3) is 3.63. The number of carbonyl (C=O) groups excluding carboxylic acids is 1. The summed E-state index contributed by atoms with van der Waals surface area (Å²) in [5, 5.41) is 5.72. The van der Waals surface area contributed by atoms with E-state index >= 15 is 0 Å². The number of rotatable bonds is 6. The van der Waals surface area contributed by atoms with Crippen molar-refractivity contribution in [1.82, 2.24) is 20.3 Å². The molecule has 3 aromatic heterocycles. The second kappa shape index (κ2) is 7.72. The maximum absolute atomic E-state index is 12.1. The number of nitrogens with zero attached hydrogens (tertiary/aromatic N) is 2. The topological polar surface area (TPSA) is 70.7 Å². The number of nitrogens with one attached hydrogen (secondary N) is 2. The van der Waals surface area contributed by atoms with Gasteiger partial charge in [-0.2, -0.15) is 0 Å². The molecule has 0 spiro atoms. The summed E-state index contributed by atoms with van der Waals surface area (Å²) in [5.74, 6) is 0.307. The molecule has 0 aliphatic carbocycles. The Balaban J connectivity index is 1.47. The van der Waals surface area contributed by atoms with Gasteiger partial charge in [-0.25, -0.2) is 9.97 Å². The third-order valence-electron chi connectivity index (χ3n) is 3.89. The third-order valence-corrected chi connectivity index (χ3v) is 5.76. The predicted octanol–water partition coefficient (Wildman–Crippen LogP) is 4.09. The summed E-state index contributed by atoms with van der Waals surface area (Å²) in [7, 11) is 0. The molecule has 0 bridgehead atoms. The van der Waals surface area contributed by atoms with E-state index < -0.39 is 0 Å². The number of H-pyrrole nitrogens is 1. The molecular formula is C19H16N4OS2. The standard InChI is InChI=1S/C19H16N4OS2/c24-16(20-9-14-7-4-8-25-14)11-26-19-18-17(22-12-23-19)15(10-21-18)13-5-2-1-3-6-13/h1-8,10,12,21H,9,11H2,(H,20,24). The van der Waals surface area contributed by atoms with Gasteiger partial charge in [0.15, 0.2) is 0 Å². The molecule has 130 valence electrons. The first-order valence-electron chi connectivity index (χ1n) is 8.10. The molecule has 0 atom stereocenters. The Morgan fingerprint density at radius 3 is 2.85 bits per heavy atom. The van der Waals surface area contributed by atoms with E-state index in [-0.39, 0.29) is 5.91 Å². The predicted molar refractivity (Wildman–Crippen MR) is 106 cm³/mol. The van der Waals surface area contributed by atoms with E-state index in [1.165, 1.54) is 11.8 Å². The van der Waals surface area contributed by atoms with Crippen LogP contribution in [0.2, 0.25) is 0 Å². The number of amides is 1. The Kier molecular flexibility index (Phi) is 4.99. The average molecular weight is 380 g/mol.